The largest absolute Gasteiger partial charge is 0.314 e. The van der Waals surface area contributed by atoms with Gasteiger partial charge in [-0.3, -0.25) is 0 Å². The fourth-order valence-corrected chi connectivity index (χ4v) is 3.68. The second-order valence-electron chi connectivity index (χ2n) is 5.99. The van der Waals surface area contributed by atoms with Crippen molar-refractivity contribution in [1.82, 2.24) is 5.32 Å². The molecule has 1 aromatic rings. The maximum Gasteiger partial charge on any atom is 0.123 e. The Hall–Kier alpha value is -0.890. The van der Waals surface area contributed by atoms with Crippen LogP contribution in [0.25, 0.3) is 0 Å². The Morgan fingerprint density at radius 3 is 2.72 bits per heavy atom. The summed E-state index contributed by atoms with van der Waals surface area (Å²) in [5.74, 6) is 2.72. The average molecular weight is 247 g/mol. The first-order valence-electron chi connectivity index (χ1n) is 7.24. The number of nitrogens with one attached hydrogen (secondary N) is 1. The summed E-state index contributed by atoms with van der Waals surface area (Å²) >= 11 is 0. The Bertz CT molecular complexity index is 407. The first kappa shape index (κ1) is 12.2. The lowest BCUT2D eigenvalue weighted by Gasteiger charge is -2.25. The van der Waals surface area contributed by atoms with Crippen LogP contribution in [0.2, 0.25) is 0 Å². The summed E-state index contributed by atoms with van der Waals surface area (Å²) in [4.78, 5) is 0. The van der Waals surface area contributed by atoms with Gasteiger partial charge in [0.05, 0.1) is 0 Å². The van der Waals surface area contributed by atoms with Crippen molar-refractivity contribution in [3.63, 3.8) is 0 Å². The van der Waals surface area contributed by atoms with E-state index in [1.165, 1.54) is 25.3 Å². The lowest BCUT2D eigenvalue weighted by atomic mass is 9.89. The Morgan fingerprint density at radius 2 is 2.06 bits per heavy atom. The highest BCUT2D eigenvalue weighted by atomic mass is 19.1. The zero-order valence-electron chi connectivity index (χ0n) is 11.0. The molecule has 0 amide bonds. The van der Waals surface area contributed by atoms with Gasteiger partial charge >= 0.3 is 0 Å². The van der Waals surface area contributed by atoms with E-state index in [-0.39, 0.29) is 5.82 Å². The SMILES string of the molecule is CCNC(Cc1cccc(F)c1)C1CC2CC2C1. The van der Waals surface area contributed by atoms with E-state index in [0.29, 0.717) is 6.04 Å². The van der Waals surface area contributed by atoms with Crippen LogP contribution < -0.4 is 5.32 Å². The van der Waals surface area contributed by atoms with Crippen molar-refractivity contribution in [1.29, 1.82) is 0 Å². The van der Waals surface area contributed by atoms with Gasteiger partial charge in [0.25, 0.3) is 0 Å². The fourth-order valence-electron chi connectivity index (χ4n) is 3.68. The molecule has 3 rings (SSSR count). The zero-order valence-corrected chi connectivity index (χ0v) is 11.0. The predicted octanol–water partition coefficient (Wildman–Crippen LogP) is 3.39. The van der Waals surface area contributed by atoms with Crippen LogP contribution in [0.15, 0.2) is 24.3 Å². The summed E-state index contributed by atoms with van der Waals surface area (Å²) < 4.78 is 13.2. The highest BCUT2D eigenvalue weighted by Crippen LogP contribution is 2.55. The summed E-state index contributed by atoms with van der Waals surface area (Å²) in [7, 11) is 0. The first-order valence-corrected chi connectivity index (χ1v) is 7.24. The van der Waals surface area contributed by atoms with Crippen LogP contribution in [0.1, 0.15) is 31.7 Å². The Balaban J connectivity index is 1.66. The van der Waals surface area contributed by atoms with Crippen LogP contribution in [0.5, 0.6) is 0 Å². The van der Waals surface area contributed by atoms with Crippen LogP contribution in [-0.2, 0) is 6.42 Å². The molecule has 0 aliphatic heterocycles. The van der Waals surface area contributed by atoms with Gasteiger partial charge in [0, 0.05) is 6.04 Å². The Labute approximate surface area is 109 Å². The van der Waals surface area contributed by atoms with Crippen LogP contribution in [-0.4, -0.2) is 12.6 Å². The van der Waals surface area contributed by atoms with Gasteiger partial charge in [0.1, 0.15) is 5.82 Å². The van der Waals surface area contributed by atoms with E-state index in [1.54, 1.807) is 6.07 Å². The third-order valence-electron chi connectivity index (χ3n) is 4.66. The number of rotatable bonds is 5. The summed E-state index contributed by atoms with van der Waals surface area (Å²) in [5, 5.41) is 3.61. The van der Waals surface area contributed by atoms with Gasteiger partial charge < -0.3 is 5.32 Å². The number of halogens is 1. The van der Waals surface area contributed by atoms with Crippen molar-refractivity contribution in [2.24, 2.45) is 17.8 Å². The molecule has 2 aliphatic rings. The smallest absolute Gasteiger partial charge is 0.123 e. The van der Waals surface area contributed by atoms with Crippen LogP contribution in [0.3, 0.4) is 0 Å². The Kier molecular flexibility index (Phi) is 3.38. The quantitative estimate of drug-likeness (QED) is 0.841. The minimum absolute atomic E-state index is 0.114. The molecular formula is C16H22FN. The van der Waals surface area contributed by atoms with Gasteiger partial charge in [0.2, 0.25) is 0 Å². The topological polar surface area (TPSA) is 12.0 Å². The maximum absolute atomic E-state index is 13.2. The minimum atomic E-state index is -0.114. The first-order chi connectivity index (χ1) is 8.76. The van der Waals surface area contributed by atoms with Crippen molar-refractivity contribution in [2.45, 2.75) is 38.6 Å². The third-order valence-corrected chi connectivity index (χ3v) is 4.66. The van der Waals surface area contributed by atoms with Crippen LogP contribution in [0, 0.1) is 23.6 Å². The molecular weight excluding hydrogens is 225 g/mol. The van der Waals surface area contributed by atoms with Crippen molar-refractivity contribution in [3.05, 3.63) is 35.6 Å². The van der Waals surface area contributed by atoms with E-state index >= 15 is 0 Å². The normalized spacial score (nSPS) is 31.1. The standard InChI is InChI=1S/C16H22FN/c1-2-18-16(14-9-12-8-13(12)10-14)7-11-4-3-5-15(17)6-11/h3-6,12-14,16,18H,2,7-10H2,1H3. The fraction of sp³-hybridized carbons (Fsp3) is 0.625. The molecule has 2 aliphatic carbocycles. The van der Waals surface area contributed by atoms with E-state index in [2.05, 4.69) is 12.2 Å². The summed E-state index contributed by atoms with van der Waals surface area (Å²) in [6, 6.07) is 7.60. The van der Waals surface area contributed by atoms with Gasteiger partial charge in [-0.2, -0.15) is 0 Å². The number of benzene rings is 1. The molecule has 0 radical (unpaired) electrons. The van der Waals surface area contributed by atoms with Gasteiger partial charge in [-0.05, 0) is 67.7 Å². The molecule has 98 valence electrons. The molecule has 3 unspecified atom stereocenters. The molecule has 3 atom stereocenters. The summed E-state index contributed by atoms with van der Waals surface area (Å²) in [6.45, 7) is 3.17. The molecule has 1 nitrogen and oxygen atoms in total. The highest BCUT2D eigenvalue weighted by Gasteiger charge is 2.47. The lowest BCUT2D eigenvalue weighted by molar-refractivity contribution is 0.337. The van der Waals surface area contributed by atoms with Gasteiger partial charge in [-0.1, -0.05) is 19.1 Å². The van der Waals surface area contributed by atoms with E-state index in [4.69, 9.17) is 0 Å². The molecule has 0 spiro atoms. The van der Waals surface area contributed by atoms with E-state index in [1.807, 2.05) is 12.1 Å². The molecule has 0 aromatic heterocycles. The molecule has 0 bridgehead atoms. The van der Waals surface area contributed by atoms with E-state index in [0.717, 1.165) is 36.3 Å². The van der Waals surface area contributed by atoms with Gasteiger partial charge in [-0.25, -0.2) is 4.39 Å². The number of hydrogen-bond acceptors (Lipinski definition) is 1. The highest BCUT2D eigenvalue weighted by molar-refractivity contribution is 5.18. The van der Waals surface area contributed by atoms with E-state index in [9.17, 15) is 4.39 Å². The summed E-state index contributed by atoms with van der Waals surface area (Å²) in [6.07, 6.45) is 5.21. The second kappa shape index (κ2) is 5.00. The molecule has 1 N–H and O–H groups in total. The monoisotopic (exact) mass is 247 g/mol. The third kappa shape index (κ3) is 2.59. The van der Waals surface area contributed by atoms with Crippen molar-refractivity contribution < 1.29 is 4.39 Å². The van der Waals surface area contributed by atoms with E-state index < -0.39 is 0 Å². The molecule has 2 heteroatoms. The number of hydrogen-bond donors (Lipinski definition) is 1. The van der Waals surface area contributed by atoms with Crippen LogP contribution in [0.4, 0.5) is 4.39 Å². The molecule has 2 fully saturated rings. The Morgan fingerprint density at radius 1 is 1.28 bits per heavy atom. The summed E-state index contributed by atoms with van der Waals surface area (Å²) in [5.41, 5.74) is 1.13. The average Bonchev–Trinajstić information content (AvgIpc) is 2.96. The zero-order chi connectivity index (χ0) is 12.5. The molecule has 1 aromatic carbocycles. The molecule has 2 saturated carbocycles. The molecule has 0 saturated heterocycles. The van der Waals surface area contributed by atoms with Gasteiger partial charge in [0.15, 0.2) is 0 Å². The van der Waals surface area contributed by atoms with Gasteiger partial charge in [-0.15, -0.1) is 0 Å². The number of likely N-dealkylation sites (N-methyl/N-ethyl adjacent to an activating group) is 1. The maximum atomic E-state index is 13.2. The predicted molar refractivity (Wildman–Crippen MR) is 71.9 cm³/mol. The second-order valence-corrected chi connectivity index (χ2v) is 5.99. The van der Waals surface area contributed by atoms with Crippen molar-refractivity contribution in [2.75, 3.05) is 6.54 Å². The van der Waals surface area contributed by atoms with Crippen molar-refractivity contribution >= 4 is 0 Å². The van der Waals surface area contributed by atoms with Crippen LogP contribution >= 0.6 is 0 Å². The number of fused-ring (bicyclic) bond motifs is 1. The van der Waals surface area contributed by atoms with Crippen molar-refractivity contribution in [3.8, 4) is 0 Å². The lowest BCUT2D eigenvalue weighted by Crippen LogP contribution is -2.37. The minimum Gasteiger partial charge on any atom is -0.314 e. The molecule has 0 heterocycles. The molecule has 18 heavy (non-hydrogen) atoms.